The van der Waals surface area contributed by atoms with Crippen LogP contribution in [0.25, 0.3) is 0 Å². The van der Waals surface area contributed by atoms with Gasteiger partial charge in [-0.05, 0) is 38.5 Å². The Morgan fingerprint density at radius 1 is 1.21 bits per heavy atom. The van der Waals surface area contributed by atoms with E-state index >= 15 is 0 Å². The van der Waals surface area contributed by atoms with Crippen LogP contribution < -0.4 is 14.2 Å². The van der Waals surface area contributed by atoms with E-state index in [1.165, 1.54) is 18.5 Å². The first-order valence-corrected chi connectivity index (χ1v) is 9.77. The van der Waals surface area contributed by atoms with Gasteiger partial charge >= 0.3 is 6.36 Å². The molecule has 3 rings (SSSR count). The summed E-state index contributed by atoms with van der Waals surface area (Å²) in [6, 6.07) is 3.08. The second-order valence-corrected chi connectivity index (χ2v) is 9.36. The molecule has 1 aliphatic heterocycles. The maximum Gasteiger partial charge on any atom is 0.573 e. The van der Waals surface area contributed by atoms with Crippen LogP contribution in [0.2, 0.25) is 0 Å². The van der Waals surface area contributed by atoms with Gasteiger partial charge in [0.05, 0.1) is 6.61 Å². The third kappa shape index (κ3) is 4.57. The van der Waals surface area contributed by atoms with Crippen molar-refractivity contribution in [3.8, 4) is 11.6 Å². The van der Waals surface area contributed by atoms with Gasteiger partial charge in [0.2, 0.25) is 5.88 Å². The predicted molar refractivity (Wildman–Crippen MR) is 97.0 cm³/mol. The van der Waals surface area contributed by atoms with Crippen LogP contribution in [0.3, 0.4) is 0 Å². The van der Waals surface area contributed by atoms with E-state index in [0.29, 0.717) is 0 Å². The molecule has 2 aromatic rings. The first-order chi connectivity index (χ1) is 13.4. The van der Waals surface area contributed by atoms with E-state index in [1.807, 2.05) is 0 Å². The third-order valence-electron chi connectivity index (χ3n) is 4.26. The van der Waals surface area contributed by atoms with Crippen LogP contribution >= 0.6 is 0 Å². The molecule has 0 radical (unpaired) electrons. The van der Waals surface area contributed by atoms with Crippen LogP contribution in [0, 0.1) is 5.82 Å². The Labute approximate surface area is 168 Å². The van der Waals surface area contributed by atoms with E-state index in [1.54, 1.807) is 20.8 Å². The number of hydrogen-bond donors (Lipinski definition) is 1. The number of nitrogens with one attached hydrogen (secondary N) is 1. The average molecular weight is 433 g/mol. The summed E-state index contributed by atoms with van der Waals surface area (Å²) in [5.41, 5.74) is -0.780. The fourth-order valence-electron chi connectivity index (χ4n) is 2.87. The van der Waals surface area contributed by atoms with E-state index in [-0.39, 0.29) is 30.2 Å². The second kappa shape index (κ2) is 7.62. The molecule has 1 aliphatic rings. The van der Waals surface area contributed by atoms with E-state index in [4.69, 9.17) is 4.74 Å². The molecule has 1 aromatic carbocycles. The highest BCUT2D eigenvalue weighted by Crippen LogP contribution is 2.42. The van der Waals surface area contributed by atoms with Crippen molar-refractivity contribution in [3.05, 3.63) is 47.7 Å². The van der Waals surface area contributed by atoms with Gasteiger partial charge in [0.25, 0.3) is 0 Å². The monoisotopic (exact) mass is 433 g/mol. The molecule has 1 aromatic heterocycles. The molecular weight excluding hydrogens is 414 g/mol. The Hall–Kier alpha value is -2.11. The van der Waals surface area contributed by atoms with Crippen molar-refractivity contribution >= 4 is 11.4 Å². The van der Waals surface area contributed by atoms with Crippen LogP contribution in [0.15, 0.2) is 30.6 Å². The number of rotatable bonds is 4. The average Bonchev–Trinajstić information content (AvgIpc) is 2.61. The van der Waals surface area contributed by atoms with Crippen LogP contribution in [0.1, 0.15) is 38.4 Å². The Balaban J connectivity index is 2.12. The Bertz CT molecular complexity index is 891. The molecule has 0 spiro atoms. The normalized spacial score (nSPS) is 20.6. The van der Waals surface area contributed by atoms with Crippen LogP contribution in [-0.4, -0.2) is 32.2 Å². The standard InChI is InChI=1S/C18H19F4N3O3S/c1-16(2,3)29(26)25-17(6-9-27-15-14(17)23-7-8-24-15)11-4-5-13(12(19)10-11)28-18(20,21)22/h4-5,7-8,10,25H,6,9H2,1-3H3. The minimum absolute atomic E-state index is 0.155. The highest BCUT2D eigenvalue weighted by atomic mass is 32.2. The summed E-state index contributed by atoms with van der Waals surface area (Å²) >= 11 is -1.62. The second-order valence-electron chi connectivity index (χ2n) is 7.39. The smallest absolute Gasteiger partial charge is 0.573 e. The zero-order valence-corrected chi connectivity index (χ0v) is 16.7. The Kier molecular flexibility index (Phi) is 5.67. The number of halogens is 4. The molecule has 0 saturated heterocycles. The number of benzene rings is 1. The lowest BCUT2D eigenvalue weighted by atomic mass is 9.83. The molecular formula is C18H19F4N3O3S. The fourth-order valence-corrected chi connectivity index (χ4v) is 3.81. The topological polar surface area (TPSA) is 79.3 Å². The third-order valence-corrected chi connectivity index (χ3v) is 5.90. The highest BCUT2D eigenvalue weighted by Gasteiger charge is 2.48. The molecule has 2 unspecified atom stereocenters. The molecule has 0 aliphatic carbocycles. The van der Waals surface area contributed by atoms with Crippen LogP contribution in [-0.2, 0) is 16.9 Å². The zero-order chi connectivity index (χ0) is 21.4. The molecule has 0 amide bonds. The van der Waals surface area contributed by atoms with Gasteiger partial charge in [-0.1, -0.05) is 6.07 Å². The Morgan fingerprint density at radius 3 is 2.52 bits per heavy atom. The maximum atomic E-state index is 14.5. The summed E-state index contributed by atoms with van der Waals surface area (Å²) in [6.45, 7) is 5.41. The largest absolute Gasteiger partial charge is 0.598 e. The van der Waals surface area contributed by atoms with Crippen molar-refractivity contribution in [2.45, 2.75) is 43.8 Å². The fraction of sp³-hybridized carbons (Fsp3) is 0.444. The summed E-state index contributed by atoms with van der Waals surface area (Å²) in [6.07, 6.45) is -2.00. The SMILES string of the molecule is CC(C)(C)[S+]([O-])NC1(c2ccc(OC(F)(F)F)c(F)c2)CCOc2nccnc21. The number of nitrogens with zero attached hydrogens (tertiary/aromatic N) is 2. The van der Waals surface area contributed by atoms with Crippen molar-refractivity contribution in [2.75, 3.05) is 6.61 Å². The van der Waals surface area contributed by atoms with Crippen LogP contribution in [0.4, 0.5) is 17.6 Å². The van der Waals surface area contributed by atoms with Gasteiger partial charge in [0, 0.05) is 30.2 Å². The predicted octanol–water partition coefficient (Wildman–Crippen LogP) is 3.59. The summed E-state index contributed by atoms with van der Waals surface area (Å²) in [7, 11) is 0. The van der Waals surface area contributed by atoms with Crippen molar-refractivity contribution in [1.29, 1.82) is 0 Å². The van der Waals surface area contributed by atoms with Gasteiger partial charge < -0.3 is 14.0 Å². The lowest BCUT2D eigenvalue weighted by molar-refractivity contribution is -0.275. The molecule has 0 bridgehead atoms. The van der Waals surface area contributed by atoms with Gasteiger partial charge in [0.1, 0.15) is 16.0 Å². The molecule has 0 fully saturated rings. The minimum Gasteiger partial charge on any atom is -0.598 e. The molecule has 29 heavy (non-hydrogen) atoms. The van der Waals surface area contributed by atoms with Crippen molar-refractivity contribution in [1.82, 2.24) is 14.7 Å². The summed E-state index contributed by atoms with van der Waals surface area (Å²) < 4.78 is 76.3. The molecule has 0 saturated carbocycles. The van der Waals surface area contributed by atoms with E-state index in [9.17, 15) is 22.1 Å². The van der Waals surface area contributed by atoms with Gasteiger partial charge in [-0.2, -0.15) is 0 Å². The number of ether oxygens (including phenoxy) is 2. The molecule has 1 N–H and O–H groups in total. The zero-order valence-electron chi connectivity index (χ0n) is 15.8. The Morgan fingerprint density at radius 2 is 1.90 bits per heavy atom. The first-order valence-electron chi connectivity index (χ1n) is 8.62. The van der Waals surface area contributed by atoms with Crippen molar-refractivity contribution < 1.29 is 31.6 Å². The quantitative estimate of drug-likeness (QED) is 0.587. The molecule has 2 atom stereocenters. The molecule has 11 heteroatoms. The molecule has 158 valence electrons. The van der Waals surface area contributed by atoms with Gasteiger partial charge in [-0.3, -0.25) is 4.98 Å². The minimum atomic E-state index is -5.03. The summed E-state index contributed by atoms with van der Waals surface area (Å²) in [4.78, 5) is 8.38. The maximum absolute atomic E-state index is 14.5. The highest BCUT2D eigenvalue weighted by molar-refractivity contribution is 7.90. The number of alkyl halides is 3. The van der Waals surface area contributed by atoms with Gasteiger partial charge in [0.15, 0.2) is 11.6 Å². The summed E-state index contributed by atoms with van der Waals surface area (Å²) in [5, 5.41) is 0. The van der Waals surface area contributed by atoms with Crippen LogP contribution in [0.5, 0.6) is 11.6 Å². The number of hydrogen-bond acceptors (Lipinski definition) is 6. The van der Waals surface area contributed by atoms with Gasteiger partial charge in [-0.25, -0.2) is 9.37 Å². The lowest BCUT2D eigenvalue weighted by Gasteiger charge is -2.39. The van der Waals surface area contributed by atoms with E-state index in [0.717, 1.165) is 12.1 Å². The van der Waals surface area contributed by atoms with Crippen molar-refractivity contribution in [3.63, 3.8) is 0 Å². The number of aromatic nitrogens is 2. The van der Waals surface area contributed by atoms with Crippen molar-refractivity contribution in [2.24, 2.45) is 0 Å². The molecule has 6 nitrogen and oxygen atoms in total. The lowest BCUT2D eigenvalue weighted by Crippen LogP contribution is -2.54. The van der Waals surface area contributed by atoms with E-state index < -0.39 is 39.6 Å². The first kappa shape index (κ1) is 21.6. The number of fused-ring (bicyclic) bond motifs is 1. The molecule has 2 heterocycles. The summed E-state index contributed by atoms with van der Waals surface area (Å²) in [5.74, 6) is -1.99. The van der Waals surface area contributed by atoms with Gasteiger partial charge in [-0.15, -0.1) is 17.9 Å². The van der Waals surface area contributed by atoms with E-state index in [2.05, 4.69) is 19.4 Å².